The number of hydrogen-bond donors (Lipinski definition) is 0. The molecule has 0 aromatic carbocycles. The fraction of sp³-hybridized carbons (Fsp3) is 0.913. The van der Waals surface area contributed by atoms with Crippen molar-refractivity contribution in [3.8, 4) is 12.3 Å². The van der Waals surface area contributed by atoms with Gasteiger partial charge < -0.3 is 37.9 Å². The van der Waals surface area contributed by atoms with Crippen LogP contribution in [0.25, 0.3) is 0 Å². The molecular weight excluding hydrogens is 440 g/mol. The second kappa shape index (κ2) is 30.5. The van der Waals surface area contributed by atoms with E-state index in [1.54, 1.807) is 0 Å². The molecule has 0 spiro atoms. The van der Waals surface area contributed by atoms with E-state index in [0.717, 1.165) is 25.3 Å². The van der Waals surface area contributed by atoms with Crippen molar-refractivity contribution in [2.45, 2.75) is 25.7 Å². The second-order valence-corrected chi connectivity index (χ2v) is 7.02. The molecule has 0 N–H and O–H groups in total. The predicted molar refractivity (Wildman–Crippen MR) is 125 cm³/mol. The van der Waals surface area contributed by atoms with Crippen LogP contribution in [0.2, 0.25) is 0 Å². The summed E-state index contributed by atoms with van der Waals surface area (Å²) in [7, 11) is 0. The summed E-state index contributed by atoms with van der Waals surface area (Å²) in [5.41, 5.74) is 0. The largest absolute Gasteiger partial charge is 0.379 e. The molecule has 0 aliphatic heterocycles. The van der Waals surface area contributed by atoms with E-state index in [-0.39, 0.29) is 0 Å². The minimum atomic E-state index is 0.316. The van der Waals surface area contributed by atoms with Gasteiger partial charge in [-0.25, -0.2) is 0 Å². The van der Waals surface area contributed by atoms with Crippen LogP contribution in [0, 0.1) is 12.3 Å². The highest BCUT2D eigenvalue weighted by Gasteiger charge is 1.95. The second-order valence-electron chi connectivity index (χ2n) is 6.65. The van der Waals surface area contributed by atoms with Gasteiger partial charge in [-0.3, -0.25) is 0 Å². The maximum absolute atomic E-state index is 5.63. The molecule has 0 saturated carbocycles. The van der Waals surface area contributed by atoms with Gasteiger partial charge in [0.2, 0.25) is 0 Å². The Bertz CT molecular complexity index is 381. The van der Waals surface area contributed by atoms with E-state index in [2.05, 4.69) is 5.92 Å². The Kier molecular flexibility index (Phi) is 30.1. The number of hydrogen-bond acceptors (Lipinski definition) is 8. The number of unbranched alkanes of at least 4 members (excludes halogenated alkanes) is 3. The van der Waals surface area contributed by atoms with Crippen molar-refractivity contribution >= 4 is 11.6 Å². The van der Waals surface area contributed by atoms with Crippen LogP contribution in [0.5, 0.6) is 0 Å². The van der Waals surface area contributed by atoms with E-state index < -0.39 is 0 Å². The predicted octanol–water partition coefficient (Wildman–Crippen LogP) is 2.55. The van der Waals surface area contributed by atoms with Crippen LogP contribution in [-0.4, -0.2) is 112 Å². The third kappa shape index (κ3) is 29.5. The Morgan fingerprint density at radius 2 is 0.719 bits per heavy atom. The summed E-state index contributed by atoms with van der Waals surface area (Å²) in [5.74, 6) is 3.14. The molecule has 0 aliphatic rings. The topological polar surface area (TPSA) is 73.8 Å². The first-order chi connectivity index (χ1) is 15.9. The van der Waals surface area contributed by atoms with Crippen LogP contribution in [-0.2, 0) is 37.9 Å². The summed E-state index contributed by atoms with van der Waals surface area (Å²) in [6.07, 6.45) is 9.58. The molecular formula is C23H43ClO8. The van der Waals surface area contributed by atoms with Gasteiger partial charge in [-0.1, -0.05) is 18.8 Å². The van der Waals surface area contributed by atoms with Crippen LogP contribution in [0.4, 0.5) is 0 Å². The van der Waals surface area contributed by atoms with Crippen LogP contribution in [0.15, 0.2) is 0 Å². The number of alkyl halides is 1. The van der Waals surface area contributed by atoms with Gasteiger partial charge in [0.25, 0.3) is 0 Å². The van der Waals surface area contributed by atoms with Crippen molar-refractivity contribution in [1.29, 1.82) is 0 Å². The van der Waals surface area contributed by atoms with E-state index in [4.69, 9.17) is 55.9 Å². The molecule has 0 fully saturated rings. The molecule has 32 heavy (non-hydrogen) atoms. The van der Waals surface area contributed by atoms with E-state index >= 15 is 0 Å². The average Bonchev–Trinajstić information content (AvgIpc) is 2.81. The molecule has 0 saturated heterocycles. The van der Waals surface area contributed by atoms with Crippen molar-refractivity contribution in [3.05, 3.63) is 0 Å². The lowest BCUT2D eigenvalue weighted by Crippen LogP contribution is -2.15. The monoisotopic (exact) mass is 482 g/mol. The fourth-order valence-corrected chi connectivity index (χ4v) is 2.51. The summed E-state index contributed by atoms with van der Waals surface area (Å²) >= 11 is 5.63. The summed E-state index contributed by atoms with van der Waals surface area (Å²) in [6.45, 7) is 8.70. The van der Waals surface area contributed by atoms with E-state index in [9.17, 15) is 0 Å². The summed E-state index contributed by atoms with van der Waals surface area (Å²) in [4.78, 5) is 0. The average molecular weight is 483 g/mol. The molecule has 0 atom stereocenters. The lowest BCUT2D eigenvalue weighted by molar-refractivity contribution is -0.0225. The smallest absolute Gasteiger partial charge is 0.107 e. The first-order valence-electron chi connectivity index (χ1n) is 11.5. The highest BCUT2D eigenvalue weighted by molar-refractivity contribution is 6.17. The number of ether oxygens (including phenoxy) is 8. The first-order valence-corrected chi connectivity index (χ1v) is 12.1. The van der Waals surface area contributed by atoms with E-state index in [1.807, 2.05) is 0 Å². The minimum Gasteiger partial charge on any atom is -0.379 e. The zero-order chi connectivity index (χ0) is 23.2. The van der Waals surface area contributed by atoms with Crippen LogP contribution < -0.4 is 0 Å². The molecule has 8 nitrogen and oxygen atoms in total. The van der Waals surface area contributed by atoms with Gasteiger partial charge in [-0.05, 0) is 12.8 Å². The molecule has 0 radical (unpaired) electrons. The SMILES string of the molecule is C#CCOCCOCCOCCOCCOCCOCCOCCOCCCCCCCl. The van der Waals surface area contributed by atoms with Gasteiger partial charge in [-0.15, -0.1) is 18.0 Å². The van der Waals surface area contributed by atoms with Crippen molar-refractivity contribution in [2.75, 3.05) is 112 Å². The Morgan fingerprint density at radius 3 is 1.06 bits per heavy atom. The quantitative estimate of drug-likeness (QED) is 0.0956. The van der Waals surface area contributed by atoms with E-state index in [1.165, 1.54) is 12.8 Å². The van der Waals surface area contributed by atoms with Crippen LogP contribution >= 0.6 is 11.6 Å². The molecule has 0 aromatic heterocycles. The maximum Gasteiger partial charge on any atom is 0.107 e. The third-order valence-electron chi connectivity index (χ3n) is 3.96. The summed E-state index contributed by atoms with van der Waals surface area (Å²) < 4.78 is 43.1. The van der Waals surface area contributed by atoms with Gasteiger partial charge >= 0.3 is 0 Å². The molecule has 190 valence electrons. The standard InChI is InChI=1S/C23H43ClO8/c1-2-8-25-10-12-27-14-16-29-18-20-31-22-23-32-21-19-30-17-15-28-13-11-26-9-6-4-3-5-7-24/h1H,3-23H2. The zero-order valence-electron chi connectivity index (χ0n) is 19.6. The highest BCUT2D eigenvalue weighted by atomic mass is 35.5. The Hall–Kier alpha value is -0.470. The van der Waals surface area contributed by atoms with Crippen molar-refractivity contribution in [1.82, 2.24) is 0 Å². The zero-order valence-corrected chi connectivity index (χ0v) is 20.3. The van der Waals surface area contributed by atoms with Gasteiger partial charge in [0.1, 0.15) is 6.61 Å². The molecule has 0 unspecified atom stereocenters. The molecule has 0 aromatic rings. The van der Waals surface area contributed by atoms with Crippen molar-refractivity contribution in [2.24, 2.45) is 0 Å². The Labute approximate surface area is 199 Å². The van der Waals surface area contributed by atoms with Gasteiger partial charge in [0.15, 0.2) is 0 Å². The third-order valence-corrected chi connectivity index (χ3v) is 4.23. The van der Waals surface area contributed by atoms with Crippen molar-refractivity contribution in [3.63, 3.8) is 0 Å². The van der Waals surface area contributed by atoms with E-state index in [0.29, 0.717) is 99.1 Å². The lowest BCUT2D eigenvalue weighted by Gasteiger charge is -2.08. The Morgan fingerprint density at radius 1 is 0.406 bits per heavy atom. The molecule has 9 heteroatoms. The van der Waals surface area contributed by atoms with Crippen LogP contribution in [0.3, 0.4) is 0 Å². The van der Waals surface area contributed by atoms with Gasteiger partial charge in [0.05, 0.1) is 92.5 Å². The molecule has 0 bridgehead atoms. The minimum absolute atomic E-state index is 0.316. The Balaban J connectivity index is 2.99. The van der Waals surface area contributed by atoms with Gasteiger partial charge in [-0.2, -0.15) is 0 Å². The highest BCUT2D eigenvalue weighted by Crippen LogP contribution is 2.01. The molecule has 0 heterocycles. The van der Waals surface area contributed by atoms with Gasteiger partial charge in [0, 0.05) is 12.5 Å². The summed E-state index contributed by atoms with van der Waals surface area (Å²) in [6, 6.07) is 0. The fourth-order valence-electron chi connectivity index (χ4n) is 2.32. The van der Waals surface area contributed by atoms with Crippen molar-refractivity contribution < 1.29 is 37.9 Å². The lowest BCUT2D eigenvalue weighted by atomic mass is 10.2. The number of rotatable bonds is 28. The number of halogens is 1. The number of terminal acetylenes is 1. The summed E-state index contributed by atoms with van der Waals surface area (Å²) in [5, 5.41) is 0. The normalized spacial score (nSPS) is 11.1. The molecule has 0 rings (SSSR count). The first kappa shape index (κ1) is 31.5. The molecule has 0 aliphatic carbocycles. The van der Waals surface area contributed by atoms with Crippen LogP contribution in [0.1, 0.15) is 25.7 Å². The maximum atomic E-state index is 5.63. The molecule has 0 amide bonds.